The molecule has 0 amide bonds. The number of hydrogen-bond acceptors (Lipinski definition) is 0. The van der Waals surface area contributed by atoms with Crippen LogP contribution in [0.1, 0.15) is 486 Å². The van der Waals surface area contributed by atoms with Crippen LogP contribution < -0.4 is 0 Å². The first-order valence-corrected chi connectivity index (χ1v) is 38.2. The van der Waals surface area contributed by atoms with E-state index in [1.807, 2.05) is 48.5 Å². The summed E-state index contributed by atoms with van der Waals surface area (Å²) in [6, 6.07) is 0. The Morgan fingerprint density at radius 2 is 0.581 bits per heavy atom. The van der Waals surface area contributed by atoms with E-state index >= 15 is 0 Å². The molecule has 0 aromatic heterocycles. The van der Waals surface area contributed by atoms with E-state index in [-0.39, 0.29) is 23.1 Å². The fourth-order valence-electron chi connectivity index (χ4n) is 14.2. The van der Waals surface area contributed by atoms with Crippen LogP contribution in [0, 0.1) is 85.2 Å². The molecule has 0 unspecified atom stereocenters. The lowest BCUT2D eigenvalue weighted by Crippen LogP contribution is -2.34. The second-order valence-corrected chi connectivity index (χ2v) is 35.7. The monoisotopic (exact) mass is 1220 g/mol. The molecule has 10 saturated carbocycles. The van der Waals surface area contributed by atoms with Crippen LogP contribution in [0.2, 0.25) is 0 Å². The van der Waals surface area contributed by atoms with E-state index in [0.29, 0.717) is 22.7 Å². The van der Waals surface area contributed by atoms with Crippen LogP contribution in [-0.2, 0) is 0 Å². The lowest BCUT2D eigenvalue weighted by atomic mass is 9.59. The van der Waals surface area contributed by atoms with E-state index in [0.717, 1.165) is 85.4 Å². The van der Waals surface area contributed by atoms with E-state index in [4.69, 9.17) is 17.8 Å². The SMILES string of the molecule is CC(C)(C)C.CC1CCC2(CC1)CCC(C)(C)CC2.CC1CCC2(CCCC2)CC1.CC1CCC2(CCCCC2)CC1.[2H]C([2H])(C)C(C)(C)C.[2H]C([2H])(C)C(C)C.[2H]C([2H])(C)C1CCCC1.[2H]C([2H])(C)C1CCCCC1.[2H]C([2H])([2H])C(C)(C)C.[2H]C1(C)CCCC1.[2H]C1(C)CCCCC1. The summed E-state index contributed by atoms with van der Waals surface area (Å²) in [4.78, 5) is 0. The molecule has 10 aliphatic rings. The molecule has 518 valence electrons. The van der Waals surface area contributed by atoms with Crippen LogP contribution in [0.15, 0.2) is 0 Å². The molecule has 0 nitrogen and oxygen atoms in total. The Labute approximate surface area is 568 Å². The molecule has 0 N–H and O–H groups in total. The van der Waals surface area contributed by atoms with Crippen LogP contribution in [-0.4, -0.2) is 0 Å². The van der Waals surface area contributed by atoms with Gasteiger partial charge in [-0.15, -0.1) is 0 Å². The molecular weight excluding hydrogens is 1030 g/mol. The minimum absolute atomic E-state index is 0.0556. The highest BCUT2D eigenvalue weighted by molar-refractivity contribution is 4.92. The van der Waals surface area contributed by atoms with Gasteiger partial charge in [0, 0.05) is 17.8 Å². The first-order valence-electron chi connectivity index (χ1n) is 44.7. The highest BCUT2D eigenvalue weighted by Gasteiger charge is 2.40. The standard InChI is InChI=1S/C14H26.C12H22.C11H20.C8H16.2C7H14.C6H12.C6H14.3C5H12/c1-12-4-6-14(7-5-12)10-8-13(2,3)9-11-14;1-11-5-9-12(10-6-11)7-3-2-4-8-12;1-10-4-8-11(9-5-10)6-2-3-7-11;1-2-8-6-4-3-5-7-8;1-7-5-3-2-4-6-7;1-2-7-5-3-4-6-7;1-6-4-2-3-5-6;1-5-6(2,3)4;2*1-5(2,3)4;1-4-5(2)3/h12H,4-11H2,1-3H3;11H,2-10H2,1H3;10H,2-9H2,1H3;8H,2-7H2,1H3;2*7H,2-6H2,1H3;6H,2-5H2,1H3;5H2,1-4H3;2*1-4H3;5H,4H2,1-3H3/i;;;2D2;7D;2D2;6D;5D2;1D3;;4D2. The number of hydrogen-bond donors (Lipinski definition) is 0. The van der Waals surface area contributed by atoms with Crippen molar-refractivity contribution in [3.8, 4) is 0 Å². The third-order valence-corrected chi connectivity index (χ3v) is 21.5. The van der Waals surface area contributed by atoms with Crippen molar-refractivity contribution < 1.29 is 17.8 Å². The fraction of sp³-hybridized carbons (Fsp3) is 1.00. The van der Waals surface area contributed by atoms with E-state index in [1.54, 1.807) is 99.8 Å². The minimum Gasteiger partial charge on any atom is -0.0651 e. The maximum Gasteiger partial charge on any atom is 0.0300 e. The normalized spacial score (nSPS) is 28.0. The van der Waals surface area contributed by atoms with Gasteiger partial charge in [0.15, 0.2) is 0 Å². The van der Waals surface area contributed by atoms with Gasteiger partial charge in [-0.2, -0.15) is 0 Å². The van der Waals surface area contributed by atoms with Gasteiger partial charge < -0.3 is 0 Å². The molecule has 86 heavy (non-hydrogen) atoms. The van der Waals surface area contributed by atoms with Gasteiger partial charge in [-0.3, -0.25) is 0 Å². The van der Waals surface area contributed by atoms with Crippen LogP contribution in [0.3, 0.4) is 0 Å². The zero-order valence-corrected chi connectivity index (χ0v) is 63.9. The summed E-state index contributed by atoms with van der Waals surface area (Å²) in [5, 5.41) is 0. The summed E-state index contributed by atoms with van der Waals surface area (Å²) in [5.74, 6) is 3.75. The molecule has 0 atom stereocenters. The van der Waals surface area contributed by atoms with E-state index in [1.165, 1.54) is 173 Å². The summed E-state index contributed by atoms with van der Waals surface area (Å²) in [7, 11) is 0. The third kappa shape index (κ3) is 49.6. The third-order valence-electron chi connectivity index (χ3n) is 21.5. The molecule has 0 saturated heterocycles. The molecule has 0 radical (unpaired) electrons. The quantitative estimate of drug-likeness (QED) is 0.264. The average Bonchev–Trinajstić information content (AvgIpc) is 1.34. The van der Waals surface area contributed by atoms with E-state index in [9.17, 15) is 0 Å². The zero-order valence-electron chi connectivity index (χ0n) is 76.9. The van der Waals surface area contributed by atoms with Crippen LogP contribution in [0.4, 0.5) is 0 Å². The minimum atomic E-state index is -1.81. The van der Waals surface area contributed by atoms with Gasteiger partial charge in [0.05, 0.1) is 0 Å². The smallest absolute Gasteiger partial charge is 0.0300 e. The van der Waals surface area contributed by atoms with Gasteiger partial charge in [0.25, 0.3) is 0 Å². The molecule has 0 bridgehead atoms. The summed E-state index contributed by atoms with van der Waals surface area (Å²) < 4.78 is 94.2. The van der Waals surface area contributed by atoms with E-state index in [2.05, 4.69) is 62.3 Å². The van der Waals surface area contributed by atoms with Crippen molar-refractivity contribution in [3.63, 3.8) is 0 Å². The Hall–Kier alpha value is 0. The predicted molar refractivity (Wildman–Crippen MR) is 398 cm³/mol. The molecule has 10 fully saturated rings. The van der Waals surface area contributed by atoms with Crippen molar-refractivity contribution >= 4 is 0 Å². The second kappa shape index (κ2) is 47.0. The van der Waals surface area contributed by atoms with Gasteiger partial charge in [0.2, 0.25) is 0 Å². The van der Waals surface area contributed by atoms with Crippen molar-refractivity contribution in [2.24, 2.45) is 85.2 Å². The molecule has 0 heteroatoms. The Balaban J connectivity index is 0.00000108. The molecule has 3 spiro atoms. The van der Waals surface area contributed by atoms with Crippen LogP contribution in [0.5, 0.6) is 0 Å². The first-order chi connectivity index (χ1) is 44.7. The Bertz CT molecular complexity index is 1900. The number of rotatable bonds is 3. The predicted octanol–water partition coefficient (Wildman–Crippen LogP) is 31.6. The second-order valence-electron chi connectivity index (χ2n) is 35.7. The summed E-state index contributed by atoms with van der Waals surface area (Å²) >= 11 is 0. The summed E-state index contributed by atoms with van der Waals surface area (Å²) in [6.45, 7) is 44.4. The summed E-state index contributed by atoms with van der Waals surface area (Å²) in [6.07, 6.45) is 55.8. The average molecular weight is 1220 g/mol. The fourth-order valence-corrected chi connectivity index (χ4v) is 14.2. The van der Waals surface area contributed by atoms with Crippen molar-refractivity contribution in [3.05, 3.63) is 0 Å². The van der Waals surface area contributed by atoms with Crippen molar-refractivity contribution in [2.75, 3.05) is 0 Å². The van der Waals surface area contributed by atoms with Crippen LogP contribution in [0.25, 0.3) is 0 Å². The summed E-state index contributed by atoms with van der Waals surface area (Å²) in [5.41, 5.74) is 2.84. The molecule has 10 rings (SSSR count). The van der Waals surface area contributed by atoms with Crippen molar-refractivity contribution in [1.29, 1.82) is 0 Å². The van der Waals surface area contributed by atoms with Gasteiger partial charge in [-0.25, -0.2) is 0 Å². The lowest BCUT2D eigenvalue weighted by molar-refractivity contribution is 0.0511. The Kier molecular flexibility index (Phi) is 35.3. The first kappa shape index (κ1) is 64.7. The highest BCUT2D eigenvalue weighted by Crippen LogP contribution is 2.54. The van der Waals surface area contributed by atoms with E-state index < -0.39 is 37.8 Å². The van der Waals surface area contributed by atoms with Crippen molar-refractivity contribution in [1.82, 2.24) is 0 Å². The Morgan fingerprint density at radius 3 is 0.791 bits per heavy atom. The van der Waals surface area contributed by atoms with Crippen LogP contribution >= 0.6 is 0 Å². The molecule has 0 aromatic carbocycles. The van der Waals surface area contributed by atoms with Gasteiger partial charge >= 0.3 is 0 Å². The molecular formula is C86H174. The highest BCUT2D eigenvalue weighted by atomic mass is 14.5. The Morgan fingerprint density at radius 1 is 0.360 bits per heavy atom. The largest absolute Gasteiger partial charge is 0.0651 e. The maximum absolute atomic E-state index is 7.63. The maximum atomic E-state index is 7.63. The topological polar surface area (TPSA) is 0 Å². The molecule has 0 aromatic rings. The zero-order chi connectivity index (χ0) is 76.9. The van der Waals surface area contributed by atoms with Gasteiger partial charge in [-0.05, 0) is 175 Å². The van der Waals surface area contributed by atoms with Crippen molar-refractivity contribution in [2.45, 2.75) is 468 Å². The van der Waals surface area contributed by atoms with Gasteiger partial charge in [-0.1, -0.05) is 378 Å². The molecule has 10 aliphatic carbocycles. The molecule has 0 heterocycles. The van der Waals surface area contributed by atoms with Gasteiger partial charge in [0.1, 0.15) is 0 Å². The lowest BCUT2D eigenvalue weighted by Gasteiger charge is -2.47. The molecule has 0 aliphatic heterocycles.